The molecule has 0 atom stereocenters. The van der Waals surface area contributed by atoms with Gasteiger partial charge in [0.05, 0.1) is 7.11 Å². The number of carbonyl (C=O) groups excluding carboxylic acids is 1. The minimum atomic E-state index is -4.18. The third-order valence-corrected chi connectivity index (χ3v) is 4.45. The van der Waals surface area contributed by atoms with Gasteiger partial charge in [-0.15, -0.1) is 0 Å². The molecule has 1 aromatic carbocycles. The van der Waals surface area contributed by atoms with Gasteiger partial charge in [-0.3, -0.25) is 9.52 Å². The summed E-state index contributed by atoms with van der Waals surface area (Å²) in [6.45, 7) is 1.31. The minimum Gasteiger partial charge on any atom is -0.495 e. The summed E-state index contributed by atoms with van der Waals surface area (Å²) in [5.74, 6) is -0.912. The van der Waals surface area contributed by atoms with Crippen molar-refractivity contribution < 1.29 is 17.9 Å². The zero-order valence-corrected chi connectivity index (χ0v) is 13.7. The molecule has 0 unspecified atom stereocenters. The number of benzene rings is 1. The zero-order chi connectivity index (χ0) is 18.1. The highest BCUT2D eigenvalue weighted by atomic mass is 32.2. The summed E-state index contributed by atoms with van der Waals surface area (Å²) in [7, 11) is -2.88. The van der Waals surface area contributed by atoms with Gasteiger partial charge < -0.3 is 21.9 Å². The van der Waals surface area contributed by atoms with E-state index in [0.717, 1.165) is 0 Å². The van der Waals surface area contributed by atoms with Gasteiger partial charge in [0.25, 0.3) is 10.0 Å². The maximum atomic E-state index is 12.6. The number of carbonyl (C=O) groups is 1. The fourth-order valence-corrected chi connectivity index (χ4v) is 3.20. The molecule has 0 aliphatic carbocycles. The van der Waals surface area contributed by atoms with Gasteiger partial charge in [0.1, 0.15) is 16.3 Å². The van der Waals surface area contributed by atoms with Gasteiger partial charge in [0.2, 0.25) is 5.95 Å². The maximum absolute atomic E-state index is 12.6. The van der Waals surface area contributed by atoms with Gasteiger partial charge in [-0.1, -0.05) is 0 Å². The second kappa shape index (κ2) is 6.20. The molecule has 0 aliphatic heterocycles. The normalized spacial score (nSPS) is 11.1. The van der Waals surface area contributed by atoms with E-state index < -0.39 is 10.0 Å². The molecule has 0 spiro atoms. The van der Waals surface area contributed by atoms with Gasteiger partial charge in [-0.05, 0) is 25.1 Å². The number of aromatic nitrogens is 2. The van der Waals surface area contributed by atoms with Gasteiger partial charge in [-0.2, -0.15) is 9.97 Å². The van der Waals surface area contributed by atoms with E-state index in [1.165, 1.54) is 32.2 Å². The van der Waals surface area contributed by atoms with Crippen molar-refractivity contribution in [1.82, 2.24) is 9.97 Å². The number of rotatable bonds is 5. The van der Waals surface area contributed by atoms with E-state index >= 15 is 0 Å². The van der Waals surface area contributed by atoms with Crippen LogP contribution in [-0.2, 0) is 10.0 Å². The average Bonchev–Trinajstić information content (AvgIpc) is 2.50. The Hall–Kier alpha value is -3.08. The monoisotopic (exact) mass is 352 g/mol. The lowest BCUT2D eigenvalue weighted by molar-refractivity contribution is 0.101. The van der Waals surface area contributed by atoms with E-state index in [4.69, 9.17) is 21.9 Å². The fourth-order valence-electron chi connectivity index (χ4n) is 1.91. The van der Waals surface area contributed by atoms with E-state index in [2.05, 4.69) is 14.7 Å². The Bertz CT molecular complexity index is 890. The summed E-state index contributed by atoms with van der Waals surface area (Å²) in [5, 5.41) is 0. The standard InChI is InChI=1S/C13H16N6O4S/c1-6(20)7-3-4-8(23-2)9(5-7)24(21,22)19-10-11(14)17-13(16)18-12(10)15/h3-5,19H,1-2H3,(H6,14,15,16,17,18). The lowest BCUT2D eigenvalue weighted by Crippen LogP contribution is -2.18. The first-order chi connectivity index (χ1) is 11.2. The number of ether oxygens (including phenoxy) is 1. The van der Waals surface area contributed by atoms with Crippen LogP contribution in [0.2, 0.25) is 0 Å². The Balaban J connectivity index is 2.56. The summed E-state index contributed by atoms with van der Waals surface area (Å²) in [6, 6.07) is 4.01. The number of nitrogens with two attached hydrogens (primary N) is 3. The number of anilines is 4. The smallest absolute Gasteiger partial charge is 0.265 e. The van der Waals surface area contributed by atoms with Crippen LogP contribution < -0.4 is 26.7 Å². The van der Waals surface area contributed by atoms with Crippen LogP contribution >= 0.6 is 0 Å². The summed E-state index contributed by atoms with van der Waals surface area (Å²) in [6.07, 6.45) is 0. The quantitative estimate of drug-likeness (QED) is 0.548. The van der Waals surface area contributed by atoms with Crippen molar-refractivity contribution in [2.75, 3.05) is 29.0 Å². The van der Waals surface area contributed by atoms with Crippen molar-refractivity contribution in [2.45, 2.75) is 11.8 Å². The van der Waals surface area contributed by atoms with Crippen molar-refractivity contribution in [3.8, 4) is 5.75 Å². The van der Waals surface area contributed by atoms with Crippen LogP contribution in [0, 0.1) is 0 Å². The van der Waals surface area contributed by atoms with Crippen molar-refractivity contribution in [2.24, 2.45) is 0 Å². The van der Waals surface area contributed by atoms with Crippen molar-refractivity contribution in [3.63, 3.8) is 0 Å². The Morgan fingerprint density at radius 2 is 1.75 bits per heavy atom. The molecule has 7 N–H and O–H groups in total. The SMILES string of the molecule is COc1ccc(C(C)=O)cc1S(=O)(=O)Nc1c(N)nc(N)nc1N. The summed E-state index contributed by atoms with van der Waals surface area (Å²) in [4.78, 5) is 18.5. The first-order valence-corrected chi connectivity index (χ1v) is 8.04. The Labute approximate surface area is 138 Å². The van der Waals surface area contributed by atoms with E-state index in [1.807, 2.05) is 0 Å². The molecule has 10 nitrogen and oxygen atoms in total. The average molecular weight is 352 g/mol. The topological polar surface area (TPSA) is 176 Å². The molecule has 11 heteroatoms. The molecule has 128 valence electrons. The number of hydrogen-bond acceptors (Lipinski definition) is 9. The van der Waals surface area contributed by atoms with E-state index in [9.17, 15) is 13.2 Å². The molecule has 0 saturated heterocycles. The second-order valence-corrected chi connectivity index (χ2v) is 6.41. The number of ketones is 1. The molecule has 24 heavy (non-hydrogen) atoms. The highest BCUT2D eigenvalue weighted by Crippen LogP contribution is 2.30. The molecular weight excluding hydrogens is 336 g/mol. The second-order valence-electron chi connectivity index (χ2n) is 4.75. The van der Waals surface area contributed by atoms with Crippen LogP contribution in [0.4, 0.5) is 23.3 Å². The number of nitrogens with zero attached hydrogens (tertiary/aromatic N) is 2. The van der Waals surface area contributed by atoms with Crippen LogP contribution in [0.15, 0.2) is 23.1 Å². The van der Waals surface area contributed by atoms with Gasteiger partial charge in [0.15, 0.2) is 17.4 Å². The third-order valence-electron chi connectivity index (χ3n) is 3.08. The molecule has 0 fully saturated rings. The molecule has 1 aromatic heterocycles. The largest absolute Gasteiger partial charge is 0.495 e. The molecule has 0 bridgehead atoms. The van der Waals surface area contributed by atoms with Crippen LogP contribution in [0.3, 0.4) is 0 Å². The first kappa shape index (κ1) is 17.3. The molecule has 1 heterocycles. The van der Waals surface area contributed by atoms with Crippen LogP contribution in [0.25, 0.3) is 0 Å². The molecule has 0 amide bonds. The van der Waals surface area contributed by atoms with E-state index in [-0.39, 0.29) is 45.3 Å². The van der Waals surface area contributed by atoms with Gasteiger partial charge in [-0.25, -0.2) is 8.42 Å². The van der Waals surface area contributed by atoms with Gasteiger partial charge in [0, 0.05) is 5.56 Å². The van der Waals surface area contributed by atoms with Crippen LogP contribution in [-0.4, -0.2) is 31.3 Å². The predicted molar refractivity (Wildman–Crippen MR) is 89.1 cm³/mol. The highest BCUT2D eigenvalue weighted by Gasteiger charge is 2.24. The lowest BCUT2D eigenvalue weighted by atomic mass is 10.1. The van der Waals surface area contributed by atoms with Gasteiger partial charge >= 0.3 is 0 Å². The van der Waals surface area contributed by atoms with E-state index in [0.29, 0.717) is 0 Å². The summed E-state index contributed by atoms with van der Waals surface area (Å²) in [5.41, 5.74) is 16.6. The Kier molecular flexibility index (Phi) is 4.46. The third kappa shape index (κ3) is 3.30. The number of nitrogens with one attached hydrogen (secondary N) is 1. The van der Waals surface area contributed by atoms with Crippen molar-refractivity contribution >= 4 is 39.1 Å². The van der Waals surface area contributed by atoms with Crippen LogP contribution in [0.5, 0.6) is 5.75 Å². The number of methoxy groups -OCH3 is 1. The lowest BCUT2D eigenvalue weighted by Gasteiger charge is -2.14. The van der Waals surface area contributed by atoms with Crippen molar-refractivity contribution in [1.29, 1.82) is 0 Å². The number of Topliss-reactive ketones (excluding diaryl/α,β-unsaturated/α-hetero) is 1. The van der Waals surface area contributed by atoms with Crippen molar-refractivity contribution in [3.05, 3.63) is 23.8 Å². The molecule has 0 radical (unpaired) electrons. The minimum absolute atomic E-state index is 0.0426. The number of hydrogen-bond donors (Lipinski definition) is 4. The molecule has 0 aliphatic rings. The Morgan fingerprint density at radius 1 is 1.17 bits per heavy atom. The Morgan fingerprint density at radius 3 is 2.25 bits per heavy atom. The molecule has 2 rings (SSSR count). The molecule has 0 saturated carbocycles. The number of sulfonamides is 1. The summed E-state index contributed by atoms with van der Waals surface area (Å²) >= 11 is 0. The molecular formula is C13H16N6O4S. The maximum Gasteiger partial charge on any atom is 0.265 e. The van der Waals surface area contributed by atoms with Crippen LogP contribution in [0.1, 0.15) is 17.3 Å². The summed E-state index contributed by atoms with van der Waals surface area (Å²) < 4.78 is 32.5. The predicted octanol–water partition coefficient (Wildman–Crippen LogP) is 0.235. The number of nitrogen functional groups attached to an aromatic ring is 3. The van der Waals surface area contributed by atoms with E-state index in [1.54, 1.807) is 0 Å². The highest BCUT2D eigenvalue weighted by molar-refractivity contribution is 7.92. The fraction of sp³-hybridized carbons (Fsp3) is 0.154. The first-order valence-electron chi connectivity index (χ1n) is 6.56. The zero-order valence-electron chi connectivity index (χ0n) is 12.9. The molecule has 2 aromatic rings.